The molecule has 6 heteroatoms. The highest BCUT2D eigenvalue weighted by molar-refractivity contribution is 6.03. The first-order valence-electron chi connectivity index (χ1n) is 8.77. The summed E-state index contributed by atoms with van der Waals surface area (Å²) < 4.78 is 0. The van der Waals surface area contributed by atoms with Crippen LogP contribution in [0.25, 0.3) is 0 Å². The van der Waals surface area contributed by atoms with Crippen LogP contribution in [0.3, 0.4) is 0 Å². The minimum atomic E-state index is -0.887. The fraction of sp³-hybridized carbons (Fsp3) is 0.350. The Morgan fingerprint density at radius 3 is 2.31 bits per heavy atom. The molecule has 5 N–H and O–H groups in total. The number of rotatable bonds is 8. The van der Waals surface area contributed by atoms with Gasteiger partial charge in [-0.3, -0.25) is 4.79 Å². The second kappa shape index (κ2) is 8.42. The van der Waals surface area contributed by atoms with Crippen molar-refractivity contribution in [2.75, 3.05) is 31.6 Å². The first-order chi connectivity index (χ1) is 12.7. The fourth-order valence-electron chi connectivity index (χ4n) is 3.51. The predicted molar refractivity (Wildman–Crippen MR) is 99.1 cm³/mol. The number of fused-ring (bicyclic) bond motifs is 1. The summed E-state index contributed by atoms with van der Waals surface area (Å²) >= 11 is 0. The number of carbonyl (C=O) groups excluding carboxylic acids is 1. The molecule has 1 aliphatic carbocycles. The summed E-state index contributed by atoms with van der Waals surface area (Å²) in [5.74, 6) is -0.735. The average Bonchev–Trinajstić information content (AvgIpc) is 2.93. The summed E-state index contributed by atoms with van der Waals surface area (Å²) in [4.78, 5) is 12.9. The van der Waals surface area contributed by atoms with E-state index in [9.17, 15) is 15.0 Å². The van der Waals surface area contributed by atoms with Crippen LogP contribution in [-0.4, -0.2) is 47.4 Å². The number of aliphatic hydroxyl groups excluding tert-OH is 3. The Labute approximate surface area is 152 Å². The zero-order chi connectivity index (χ0) is 18.5. The molecule has 138 valence electrons. The molecule has 0 aliphatic heterocycles. The fourth-order valence-corrected chi connectivity index (χ4v) is 3.51. The minimum Gasteiger partial charge on any atom is -0.395 e. The van der Waals surface area contributed by atoms with Crippen LogP contribution in [0.2, 0.25) is 0 Å². The van der Waals surface area contributed by atoms with E-state index in [-0.39, 0.29) is 19.0 Å². The quantitative estimate of drug-likeness (QED) is 0.488. The number of hydrogen-bond acceptors (Lipinski definition) is 6. The molecule has 0 saturated carbocycles. The van der Waals surface area contributed by atoms with E-state index < -0.39 is 18.1 Å². The number of carbonyl (C=O) groups is 1. The van der Waals surface area contributed by atoms with Gasteiger partial charge in [0.25, 0.3) is 0 Å². The molecule has 0 aromatic heterocycles. The number of Topliss-reactive ketones (excluding diaryl/α,β-unsaturated/α-hetero) is 1. The van der Waals surface area contributed by atoms with E-state index >= 15 is 0 Å². The Kier molecular flexibility index (Phi) is 6.00. The second-order valence-electron chi connectivity index (χ2n) is 6.35. The molecule has 2 aromatic rings. The van der Waals surface area contributed by atoms with Crippen molar-refractivity contribution in [2.24, 2.45) is 5.92 Å². The predicted octanol–water partition coefficient (Wildman–Crippen LogP) is 1.26. The Bertz CT molecular complexity index is 748. The lowest BCUT2D eigenvalue weighted by Gasteiger charge is -2.27. The number of hydrogen-bond donors (Lipinski definition) is 5. The van der Waals surface area contributed by atoms with Crippen LogP contribution in [0, 0.1) is 5.92 Å². The van der Waals surface area contributed by atoms with Crippen molar-refractivity contribution in [3.63, 3.8) is 0 Å². The molecule has 3 rings (SSSR count). The van der Waals surface area contributed by atoms with E-state index in [1.807, 2.05) is 30.3 Å². The molecule has 0 radical (unpaired) electrons. The standard InChI is InChI=1S/C20H24N2O4/c23-11-9-21-14-7-5-13(6-8-14)18(22-10-12-24)17-19(25)15-3-1-2-4-16(15)20(17)26/h1-8,17-19,21-25H,9-12H2. The highest BCUT2D eigenvalue weighted by Gasteiger charge is 2.43. The van der Waals surface area contributed by atoms with Gasteiger partial charge in [-0.2, -0.15) is 0 Å². The van der Waals surface area contributed by atoms with Crippen LogP contribution in [0.4, 0.5) is 5.69 Å². The summed E-state index contributed by atoms with van der Waals surface area (Å²) in [6.45, 7) is 0.767. The van der Waals surface area contributed by atoms with Crippen molar-refractivity contribution in [1.29, 1.82) is 0 Å². The summed E-state index contributed by atoms with van der Waals surface area (Å²) in [7, 11) is 0. The lowest BCUT2D eigenvalue weighted by molar-refractivity contribution is 0.0655. The molecule has 0 fully saturated rings. The van der Waals surface area contributed by atoms with Crippen LogP contribution in [0.1, 0.15) is 33.6 Å². The van der Waals surface area contributed by atoms with E-state index in [2.05, 4.69) is 10.6 Å². The van der Waals surface area contributed by atoms with Gasteiger partial charge in [-0.15, -0.1) is 0 Å². The van der Waals surface area contributed by atoms with Crippen molar-refractivity contribution in [2.45, 2.75) is 12.1 Å². The normalized spacial score (nSPS) is 20.0. The topological polar surface area (TPSA) is 102 Å². The van der Waals surface area contributed by atoms with Crippen LogP contribution in [-0.2, 0) is 0 Å². The monoisotopic (exact) mass is 356 g/mol. The van der Waals surface area contributed by atoms with Gasteiger partial charge in [-0.1, -0.05) is 36.4 Å². The average molecular weight is 356 g/mol. The largest absolute Gasteiger partial charge is 0.395 e. The lowest BCUT2D eigenvalue weighted by atomic mass is 9.88. The van der Waals surface area contributed by atoms with Gasteiger partial charge in [0, 0.05) is 30.4 Å². The van der Waals surface area contributed by atoms with Crippen molar-refractivity contribution in [3.8, 4) is 0 Å². The molecule has 0 heterocycles. The van der Waals surface area contributed by atoms with Gasteiger partial charge >= 0.3 is 0 Å². The maximum Gasteiger partial charge on any atom is 0.171 e. The van der Waals surface area contributed by atoms with Crippen LogP contribution >= 0.6 is 0 Å². The van der Waals surface area contributed by atoms with Gasteiger partial charge in [0.2, 0.25) is 0 Å². The van der Waals surface area contributed by atoms with Crippen molar-refractivity contribution < 1.29 is 20.1 Å². The van der Waals surface area contributed by atoms with Crippen LogP contribution in [0.5, 0.6) is 0 Å². The third kappa shape index (κ3) is 3.64. The van der Waals surface area contributed by atoms with Gasteiger partial charge in [0.05, 0.1) is 25.2 Å². The Hall–Kier alpha value is -2.25. The third-order valence-corrected chi connectivity index (χ3v) is 4.73. The maximum absolute atomic E-state index is 12.9. The number of aliphatic hydroxyl groups is 3. The first-order valence-corrected chi connectivity index (χ1v) is 8.77. The molecule has 26 heavy (non-hydrogen) atoms. The first kappa shape index (κ1) is 18.5. The molecule has 0 bridgehead atoms. The zero-order valence-corrected chi connectivity index (χ0v) is 14.4. The molecule has 6 nitrogen and oxygen atoms in total. The maximum atomic E-state index is 12.9. The summed E-state index contributed by atoms with van der Waals surface area (Å²) in [6.07, 6.45) is -0.887. The van der Waals surface area contributed by atoms with Crippen LogP contribution < -0.4 is 10.6 Å². The highest BCUT2D eigenvalue weighted by atomic mass is 16.3. The molecular formula is C20H24N2O4. The Morgan fingerprint density at radius 1 is 0.962 bits per heavy atom. The molecular weight excluding hydrogens is 332 g/mol. The van der Waals surface area contributed by atoms with E-state index in [4.69, 9.17) is 5.11 Å². The number of anilines is 1. The molecule has 0 spiro atoms. The van der Waals surface area contributed by atoms with Gasteiger partial charge in [-0.25, -0.2) is 0 Å². The lowest BCUT2D eigenvalue weighted by Crippen LogP contribution is -2.35. The molecule has 0 amide bonds. The number of ketones is 1. The summed E-state index contributed by atoms with van der Waals surface area (Å²) in [5.41, 5.74) is 2.94. The minimum absolute atomic E-state index is 0.0451. The van der Waals surface area contributed by atoms with Crippen molar-refractivity contribution >= 4 is 11.5 Å². The summed E-state index contributed by atoms with van der Waals surface area (Å²) in [5, 5.41) is 35.1. The van der Waals surface area contributed by atoms with E-state index in [1.165, 1.54) is 0 Å². The number of nitrogens with one attached hydrogen (secondary N) is 2. The number of benzene rings is 2. The van der Waals surface area contributed by atoms with Gasteiger partial charge in [0.1, 0.15) is 0 Å². The van der Waals surface area contributed by atoms with E-state index in [1.54, 1.807) is 18.2 Å². The van der Waals surface area contributed by atoms with Gasteiger partial charge in [0.15, 0.2) is 5.78 Å². The van der Waals surface area contributed by atoms with Gasteiger partial charge in [-0.05, 0) is 23.3 Å². The Balaban J connectivity index is 1.88. The Morgan fingerprint density at radius 2 is 1.65 bits per heavy atom. The van der Waals surface area contributed by atoms with Crippen molar-refractivity contribution in [1.82, 2.24) is 5.32 Å². The smallest absolute Gasteiger partial charge is 0.171 e. The zero-order valence-electron chi connectivity index (χ0n) is 14.4. The van der Waals surface area contributed by atoms with E-state index in [0.29, 0.717) is 24.2 Å². The highest BCUT2D eigenvalue weighted by Crippen LogP contribution is 2.42. The van der Waals surface area contributed by atoms with Gasteiger partial charge < -0.3 is 26.0 Å². The molecule has 3 atom stereocenters. The van der Waals surface area contributed by atoms with Crippen LogP contribution in [0.15, 0.2) is 48.5 Å². The second-order valence-corrected chi connectivity index (χ2v) is 6.35. The molecule has 0 saturated heterocycles. The summed E-state index contributed by atoms with van der Waals surface area (Å²) in [6, 6.07) is 14.2. The molecule has 3 unspecified atom stereocenters. The SMILES string of the molecule is O=C1c2ccccc2C(O)C1C(NCCO)c1ccc(NCCO)cc1. The molecule has 1 aliphatic rings. The third-order valence-electron chi connectivity index (χ3n) is 4.73. The molecule has 2 aromatic carbocycles. The van der Waals surface area contributed by atoms with E-state index in [0.717, 1.165) is 11.3 Å². The van der Waals surface area contributed by atoms with Crippen molar-refractivity contribution in [3.05, 3.63) is 65.2 Å².